The number of aliphatic hydroxyl groups excluding tert-OH is 2. The van der Waals surface area contributed by atoms with Crippen molar-refractivity contribution in [3.8, 4) is 11.1 Å². The molecule has 6 unspecified atom stereocenters. The van der Waals surface area contributed by atoms with Gasteiger partial charge in [-0.25, -0.2) is 14.0 Å². The van der Waals surface area contributed by atoms with Crippen molar-refractivity contribution in [2.45, 2.75) is 88.7 Å². The van der Waals surface area contributed by atoms with Crippen molar-refractivity contribution in [1.82, 2.24) is 16.0 Å². The lowest BCUT2D eigenvalue weighted by Crippen LogP contribution is -2.71. The number of esters is 2. The summed E-state index contributed by atoms with van der Waals surface area (Å²) < 4.78 is 41.0. The van der Waals surface area contributed by atoms with Crippen molar-refractivity contribution in [1.29, 1.82) is 0 Å². The molecule has 15 nitrogen and oxygen atoms in total. The SMILES string of the molecule is CCOC(=O)CCCCCOC1(C(=O)OC)CC(NC(=O)OCc2ccccc2)C(NC(C)=O)C(C(O)C(O)CNC(=O)c2ccc(-c3ccc(F)cc3)cc2)O1. The van der Waals surface area contributed by atoms with Crippen LogP contribution in [-0.4, -0.2) is 103 Å². The van der Waals surface area contributed by atoms with Crippen LogP contribution in [0.3, 0.4) is 0 Å². The third-order valence-corrected chi connectivity index (χ3v) is 9.18. The van der Waals surface area contributed by atoms with Crippen LogP contribution in [0.5, 0.6) is 0 Å². The third-order valence-electron chi connectivity index (χ3n) is 9.18. The summed E-state index contributed by atoms with van der Waals surface area (Å²) in [6, 6.07) is 18.7. The normalized spacial score (nSPS) is 20.0. The average molecular weight is 796 g/mol. The monoisotopic (exact) mass is 795 g/mol. The number of amides is 3. The molecule has 0 aromatic heterocycles. The van der Waals surface area contributed by atoms with Gasteiger partial charge in [-0.15, -0.1) is 0 Å². The predicted molar refractivity (Wildman–Crippen MR) is 203 cm³/mol. The lowest BCUT2D eigenvalue weighted by atomic mass is 9.86. The maximum absolute atomic E-state index is 13.5. The van der Waals surface area contributed by atoms with E-state index >= 15 is 0 Å². The minimum atomic E-state index is -2.26. The maximum Gasteiger partial charge on any atom is 0.407 e. The van der Waals surface area contributed by atoms with E-state index in [2.05, 4.69) is 16.0 Å². The third kappa shape index (κ3) is 13.1. The van der Waals surface area contributed by atoms with Gasteiger partial charge in [0.05, 0.1) is 38.5 Å². The second-order valence-electron chi connectivity index (χ2n) is 13.4. The molecule has 3 aromatic carbocycles. The molecule has 0 radical (unpaired) electrons. The van der Waals surface area contributed by atoms with Crippen LogP contribution in [0.25, 0.3) is 11.1 Å². The molecule has 1 fully saturated rings. The summed E-state index contributed by atoms with van der Waals surface area (Å²) in [7, 11) is 1.09. The molecular formula is C41H50FN3O12. The van der Waals surface area contributed by atoms with Gasteiger partial charge in [0.15, 0.2) is 0 Å². The highest BCUT2D eigenvalue weighted by atomic mass is 19.1. The van der Waals surface area contributed by atoms with Gasteiger partial charge in [0.1, 0.15) is 24.6 Å². The molecule has 308 valence electrons. The number of aliphatic hydroxyl groups is 2. The number of nitrogens with one attached hydrogen (secondary N) is 3. The quantitative estimate of drug-likeness (QED) is 0.0671. The highest BCUT2D eigenvalue weighted by Gasteiger charge is 2.57. The van der Waals surface area contributed by atoms with Crippen LogP contribution in [0.15, 0.2) is 78.9 Å². The van der Waals surface area contributed by atoms with Crippen molar-refractivity contribution < 1.29 is 62.3 Å². The van der Waals surface area contributed by atoms with Gasteiger partial charge in [-0.2, -0.15) is 0 Å². The van der Waals surface area contributed by atoms with Gasteiger partial charge >= 0.3 is 18.0 Å². The van der Waals surface area contributed by atoms with Crippen LogP contribution >= 0.6 is 0 Å². The largest absolute Gasteiger partial charge is 0.466 e. The Bertz CT molecular complexity index is 1780. The average Bonchev–Trinajstić information content (AvgIpc) is 3.21. The minimum Gasteiger partial charge on any atom is -0.466 e. The zero-order chi connectivity index (χ0) is 41.4. The van der Waals surface area contributed by atoms with Crippen molar-refractivity contribution in [3.63, 3.8) is 0 Å². The highest BCUT2D eigenvalue weighted by molar-refractivity contribution is 5.94. The molecule has 3 aromatic rings. The number of hydrogen-bond donors (Lipinski definition) is 5. The van der Waals surface area contributed by atoms with Crippen LogP contribution in [-0.2, 0) is 44.7 Å². The first-order valence-corrected chi connectivity index (χ1v) is 18.7. The lowest BCUT2D eigenvalue weighted by Gasteiger charge is -2.48. The van der Waals surface area contributed by atoms with Crippen molar-refractivity contribution in [3.05, 3.63) is 95.8 Å². The Labute approximate surface area is 330 Å². The van der Waals surface area contributed by atoms with E-state index in [1.54, 1.807) is 73.7 Å². The Morgan fingerprint density at radius 1 is 0.895 bits per heavy atom. The van der Waals surface area contributed by atoms with E-state index in [4.69, 9.17) is 23.7 Å². The molecule has 1 heterocycles. The van der Waals surface area contributed by atoms with Crippen molar-refractivity contribution in [2.24, 2.45) is 0 Å². The molecule has 0 bridgehead atoms. The van der Waals surface area contributed by atoms with Crippen LogP contribution in [0.1, 0.15) is 61.9 Å². The number of alkyl carbamates (subject to hydrolysis) is 1. The van der Waals surface area contributed by atoms with E-state index < -0.39 is 73.0 Å². The zero-order valence-electron chi connectivity index (χ0n) is 32.1. The van der Waals surface area contributed by atoms with Gasteiger partial charge in [-0.1, -0.05) is 61.0 Å². The van der Waals surface area contributed by atoms with Gasteiger partial charge in [0.25, 0.3) is 11.7 Å². The van der Waals surface area contributed by atoms with Crippen LogP contribution in [0, 0.1) is 5.82 Å². The fourth-order valence-electron chi connectivity index (χ4n) is 6.30. The fraction of sp³-hybridized carbons (Fsp3) is 0.439. The lowest BCUT2D eigenvalue weighted by molar-refractivity contribution is -0.301. The molecule has 57 heavy (non-hydrogen) atoms. The van der Waals surface area contributed by atoms with Gasteiger partial charge in [0.2, 0.25) is 5.91 Å². The summed E-state index contributed by atoms with van der Waals surface area (Å²) in [4.78, 5) is 64.0. The smallest absolute Gasteiger partial charge is 0.407 e. The number of carbonyl (C=O) groups is 5. The molecule has 1 aliphatic rings. The van der Waals surface area contributed by atoms with Crippen molar-refractivity contribution in [2.75, 3.05) is 26.9 Å². The summed E-state index contributed by atoms with van der Waals surface area (Å²) in [5.74, 6) is -5.19. The highest BCUT2D eigenvalue weighted by Crippen LogP contribution is 2.35. The molecule has 16 heteroatoms. The number of unbranched alkanes of at least 4 members (excludes halogenated alkanes) is 2. The molecule has 3 amide bonds. The number of benzene rings is 3. The summed E-state index contributed by atoms with van der Waals surface area (Å²) in [6.07, 6.45) is -5.08. The summed E-state index contributed by atoms with van der Waals surface area (Å²) in [5, 5.41) is 30.7. The van der Waals surface area contributed by atoms with Crippen LogP contribution in [0.4, 0.5) is 9.18 Å². The van der Waals surface area contributed by atoms with E-state index in [-0.39, 0.29) is 43.6 Å². The van der Waals surface area contributed by atoms with E-state index in [0.717, 1.165) is 18.2 Å². The predicted octanol–water partition coefficient (Wildman–Crippen LogP) is 3.54. The molecule has 0 saturated carbocycles. The molecule has 0 aliphatic carbocycles. The first kappa shape index (κ1) is 44.3. The summed E-state index contributed by atoms with van der Waals surface area (Å²) >= 11 is 0. The topological polar surface area (TPSA) is 208 Å². The van der Waals surface area contributed by atoms with Gasteiger partial charge in [-0.3, -0.25) is 14.4 Å². The van der Waals surface area contributed by atoms with Gasteiger partial charge < -0.3 is 49.8 Å². The zero-order valence-corrected chi connectivity index (χ0v) is 32.1. The summed E-state index contributed by atoms with van der Waals surface area (Å²) in [5.41, 5.74) is 2.39. The Kier molecular flexibility index (Phi) is 16.9. The number of carbonyl (C=O) groups excluding carboxylic acids is 5. The molecule has 1 saturated heterocycles. The standard InChI is InChI=1S/C41H50FN3O12/c1-4-54-34(48)13-9-6-10-22-56-41(39(51)53-3)23-32(45-40(52)55-25-27-11-7-5-8-12-27)35(44-26(2)46)37(57-41)36(49)33(47)24-43-38(50)30-16-14-28(15-17-30)29-18-20-31(42)21-19-29/h5,7-8,11-12,14-21,32-33,35-37,47,49H,4,6,9-10,13,22-25H2,1-3H3,(H,43,50)(H,44,46)(H,45,52). The molecule has 0 spiro atoms. The first-order chi connectivity index (χ1) is 27.3. The Morgan fingerprint density at radius 3 is 2.19 bits per heavy atom. The van der Waals surface area contributed by atoms with E-state index in [1.165, 1.54) is 19.1 Å². The Morgan fingerprint density at radius 2 is 1.56 bits per heavy atom. The number of halogens is 1. The van der Waals surface area contributed by atoms with E-state index in [0.29, 0.717) is 24.8 Å². The number of ether oxygens (including phenoxy) is 5. The van der Waals surface area contributed by atoms with Crippen LogP contribution in [0.2, 0.25) is 0 Å². The number of hydrogen-bond acceptors (Lipinski definition) is 12. The van der Waals surface area contributed by atoms with Gasteiger partial charge in [0, 0.05) is 31.9 Å². The molecule has 5 N–H and O–H groups in total. The van der Waals surface area contributed by atoms with Gasteiger partial charge in [-0.05, 0) is 60.7 Å². The first-order valence-electron chi connectivity index (χ1n) is 18.7. The summed E-state index contributed by atoms with van der Waals surface area (Å²) in [6.45, 7) is 2.47. The van der Waals surface area contributed by atoms with Crippen molar-refractivity contribution >= 4 is 29.8 Å². The Hall–Kier alpha value is -5.42. The maximum atomic E-state index is 13.5. The van der Waals surface area contributed by atoms with Crippen LogP contribution < -0.4 is 16.0 Å². The van der Waals surface area contributed by atoms with E-state index in [1.807, 2.05) is 0 Å². The second-order valence-corrected chi connectivity index (χ2v) is 13.4. The molecule has 1 aliphatic heterocycles. The molecular weight excluding hydrogens is 745 g/mol. The Balaban J connectivity index is 1.53. The number of methoxy groups -OCH3 is 1. The molecule has 6 atom stereocenters. The minimum absolute atomic E-state index is 0.0880. The fourth-order valence-corrected chi connectivity index (χ4v) is 6.30. The van der Waals surface area contributed by atoms with E-state index in [9.17, 15) is 38.6 Å². The molecule has 4 rings (SSSR count). The second kappa shape index (κ2) is 21.8. The number of rotatable bonds is 19.